The molecule has 0 aliphatic carbocycles. The molecule has 0 unspecified atom stereocenters. The highest BCUT2D eigenvalue weighted by Gasteiger charge is 1.99. The quantitative estimate of drug-likeness (QED) is 0.615. The summed E-state index contributed by atoms with van der Waals surface area (Å²) >= 11 is 5.61. The zero-order valence-electron chi connectivity index (χ0n) is 12.1. The fourth-order valence-corrected chi connectivity index (χ4v) is 2.00. The number of hydrogen-bond acceptors (Lipinski definition) is 2. The molecule has 0 N–H and O–H groups in total. The second-order valence-electron chi connectivity index (χ2n) is 4.68. The molecular formula is C18H18ClNO. The number of aryl methyl sites for hydroxylation is 1. The molecule has 0 aliphatic heterocycles. The number of ether oxygens (including phenoxy) is 1. The number of benzene rings is 1. The van der Waals surface area contributed by atoms with Gasteiger partial charge in [-0.25, -0.2) is 0 Å². The molecule has 0 radical (unpaired) electrons. The Morgan fingerprint density at radius 2 is 2.19 bits per heavy atom. The molecule has 0 spiro atoms. The topological polar surface area (TPSA) is 22.1 Å². The second-order valence-corrected chi connectivity index (χ2v) is 5.06. The van der Waals surface area contributed by atoms with Gasteiger partial charge in [0, 0.05) is 36.7 Å². The lowest BCUT2D eigenvalue weighted by Gasteiger charge is -2.08. The summed E-state index contributed by atoms with van der Waals surface area (Å²) in [6, 6.07) is 9.97. The van der Waals surface area contributed by atoms with Crippen LogP contribution >= 0.6 is 11.6 Å². The van der Waals surface area contributed by atoms with Crippen LogP contribution in [0.4, 0.5) is 0 Å². The predicted molar refractivity (Wildman–Crippen MR) is 86.8 cm³/mol. The van der Waals surface area contributed by atoms with Crippen molar-refractivity contribution in [3.8, 4) is 17.6 Å². The first-order valence-corrected chi connectivity index (χ1v) is 7.50. The van der Waals surface area contributed by atoms with Crippen molar-refractivity contribution in [3.05, 3.63) is 59.4 Å². The lowest BCUT2D eigenvalue weighted by molar-refractivity contribution is 0.321. The molecule has 21 heavy (non-hydrogen) atoms. The lowest BCUT2D eigenvalue weighted by atomic mass is 10.1. The van der Waals surface area contributed by atoms with Gasteiger partial charge in [0.1, 0.15) is 5.75 Å². The SMILES string of the molecule is Cc1cc(OCCc2cccnc2)ccc1C#CCCCl. The van der Waals surface area contributed by atoms with Crippen molar-refractivity contribution in [1.29, 1.82) is 0 Å². The van der Waals surface area contributed by atoms with Crippen LogP contribution in [0.25, 0.3) is 0 Å². The average Bonchev–Trinajstić information content (AvgIpc) is 2.51. The average molecular weight is 300 g/mol. The molecule has 1 heterocycles. The summed E-state index contributed by atoms with van der Waals surface area (Å²) in [5, 5.41) is 0. The Morgan fingerprint density at radius 3 is 2.90 bits per heavy atom. The van der Waals surface area contributed by atoms with Gasteiger partial charge in [-0.2, -0.15) is 0 Å². The Bertz CT molecular complexity index is 629. The van der Waals surface area contributed by atoms with Crippen molar-refractivity contribution in [2.24, 2.45) is 0 Å². The zero-order chi connectivity index (χ0) is 14.9. The van der Waals surface area contributed by atoms with Gasteiger partial charge in [-0.1, -0.05) is 17.9 Å². The Labute approximate surface area is 131 Å². The first-order chi connectivity index (χ1) is 10.3. The van der Waals surface area contributed by atoms with Crippen LogP contribution in [0.3, 0.4) is 0 Å². The van der Waals surface area contributed by atoms with E-state index in [0.717, 1.165) is 23.3 Å². The molecule has 108 valence electrons. The van der Waals surface area contributed by atoms with Crippen molar-refractivity contribution in [2.75, 3.05) is 12.5 Å². The van der Waals surface area contributed by atoms with E-state index in [2.05, 4.69) is 22.9 Å². The molecule has 2 aromatic rings. The van der Waals surface area contributed by atoms with Crippen molar-refractivity contribution >= 4 is 11.6 Å². The van der Waals surface area contributed by atoms with Crippen molar-refractivity contribution in [2.45, 2.75) is 19.8 Å². The standard InChI is InChI=1S/C18H18ClNO/c1-15-13-18(8-7-17(15)6-2-3-10-19)21-12-9-16-5-4-11-20-14-16/h4-5,7-8,11,13-14H,3,9-10,12H2,1H3. The van der Waals surface area contributed by atoms with Crippen LogP contribution in [0.15, 0.2) is 42.7 Å². The molecule has 0 atom stereocenters. The Kier molecular flexibility index (Phi) is 6.12. The maximum absolute atomic E-state index is 5.77. The Balaban J connectivity index is 1.90. The number of rotatable bonds is 5. The first-order valence-electron chi connectivity index (χ1n) is 6.97. The van der Waals surface area contributed by atoms with E-state index < -0.39 is 0 Å². The molecule has 1 aromatic heterocycles. The summed E-state index contributed by atoms with van der Waals surface area (Å²) in [5.41, 5.74) is 3.33. The fourth-order valence-electron chi connectivity index (χ4n) is 1.90. The maximum Gasteiger partial charge on any atom is 0.119 e. The van der Waals surface area contributed by atoms with Crippen LogP contribution in [0.5, 0.6) is 5.75 Å². The second kappa shape index (κ2) is 8.34. The molecule has 0 saturated carbocycles. The predicted octanol–water partition coefficient (Wildman–Crippen LogP) is 3.99. The van der Waals surface area contributed by atoms with Gasteiger partial charge in [-0.15, -0.1) is 11.6 Å². The number of halogens is 1. The van der Waals surface area contributed by atoms with Gasteiger partial charge in [0.15, 0.2) is 0 Å². The van der Waals surface area contributed by atoms with Gasteiger partial charge in [0.05, 0.1) is 6.61 Å². The summed E-state index contributed by atoms with van der Waals surface area (Å²) in [6.07, 6.45) is 5.20. The molecule has 2 nitrogen and oxygen atoms in total. The normalized spacial score (nSPS) is 9.81. The number of hydrogen-bond donors (Lipinski definition) is 0. The van der Waals surface area contributed by atoms with Crippen LogP contribution in [0, 0.1) is 18.8 Å². The van der Waals surface area contributed by atoms with Gasteiger partial charge in [0.2, 0.25) is 0 Å². The summed E-state index contributed by atoms with van der Waals surface area (Å²) in [5.74, 6) is 7.62. The van der Waals surface area contributed by atoms with Gasteiger partial charge in [-0.05, 0) is 42.3 Å². The van der Waals surface area contributed by atoms with Gasteiger partial charge in [0.25, 0.3) is 0 Å². The minimum atomic E-state index is 0.571. The van der Waals surface area contributed by atoms with E-state index in [9.17, 15) is 0 Å². The maximum atomic E-state index is 5.77. The number of aromatic nitrogens is 1. The van der Waals surface area contributed by atoms with Crippen LogP contribution in [-0.2, 0) is 6.42 Å². The third-order valence-electron chi connectivity index (χ3n) is 3.02. The highest BCUT2D eigenvalue weighted by molar-refractivity contribution is 6.18. The molecule has 0 fully saturated rings. The van der Waals surface area contributed by atoms with Crippen LogP contribution in [-0.4, -0.2) is 17.5 Å². The molecule has 2 rings (SSSR count). The first kappa shape index (κ1) is 15.4. The lowest BCUT2D eigenvalue weighted by Crippen LogP contribution is -2.02. The smallest absolute Gasteiger partial charge is 0.119 e. The fraction of sp³-hybridized carbons (Fsp3) is 0.278. The van der Waals surface area contributed by atoms with Crippen LogP contribution in [0.2, 0.25) is 0 Å². The van der Waals surface area contributed by atoms with E-state index in [1.54, 1.807) is 6.20 Å². The molecule has 1 aromatic carbocycles. The summed E-state index contributed by atoms with van der Waals surface area (Å²) in [7, 11) is 0. The van der Waals surface area contributed by atoms with Crippen molar-refractivity contribution < 1.29 is 4.74 Å². The monoisotopic (exact) mass is 299 g/mol. The van der Waals surface area contributed by atoms with Crippen LogP contribution in [0.1, 0.15) is 23.1 Å². The highest BCUT2D eigenvalue weighted by atomic mass is 35.5. The minimum Gasteiger partial charge on any atom is -0.493 e. The van der Waals surface area contributed by atoms with Crippen molar-refractivity contribution in [1.82, 2.24) is 4.98 Å². The van der Waals surface area contributed by atoms with Crippen molar-refractivity contribution in [3.63, 3.8) is 0 Å². The minimum absolute atomic E-state index is 0.571. The molecular weight excluding hydrogens is 282 g/mol. The van der Waals surface area contributed by atoms with E-state index in [4.69, 9.17) is 16.3 Å². The van der Waals surface area contributed by atoms with Gasteiger partial charge < -0.3 is 4.74 Å². The third kappa shape index (κ3) is 5.13. The Hall–Kier alpha value is -1.98. The number of nitrogens with zero attached hydrogens (tertiary/aromatic N) is 1. The van der Waals surface area contributed by atoms with Gasteiger partial charge >= 0.3 is 0 Å². The van der Waals surface area contributed by atoms with E-state index in [0.29, 0.717) is 18.9 Å². The molecule has 0 amide bonds. The number of pyridine rings is 1. The summed E-state index contributed by atoms with van der Waals surface area (Å²) < 4.78 is 5.77. The Morgan fingerprint density at radius 1 is 1.29 bits per heavy atom. The molecule has 0 saturated heterocycles. The van der Waals surface area contributed by atoms with E-state index >= 15 is 0 Å². The zero-order valence-corrected chi connectivity index (χ0v) is 12.9. The van der Waals surface area contributed by atoms with E-state index in [-0.39, 0.29) is 0 Å². The summed E-state index contributed by atoms with van der Waals surface area (Å²) in [4.78, 5) is 4.09. The summed E-state index contributed by atoms with van der Waals surface area (Å²) in [6.45, 7) is 2.68. The van der Waals surface area contributed by atoms with E-state index in [1.165, 1.54) is 5.56 Å². The van der Waals surface area contributed by atoms with E-state index in [1.807, 2.05) is 37.4 Å². The molecule has 0 aliphatic rings. The molecule has 0 bridgehead atoms. The number of alkyl halides is 1. The highest BCUT2D eigenvalue weighted by Crippen LogP contribution is 2.17. The van der Waals surface area contributed by atoms with Gasteiger partial charge in [-0.3, -0.25) is 4.98 Å². The largest absolute Gasteiger partial charge is 0.493 e. The molecule has 3 heteroatoms. The third-order valence-corrected chi connectivity index (χ3v) is 3.21. The van der Waals surface area contributed by atoms with Crippen LogP contribution < -0.4 is 4.74 Å².